The molecule has 1 heterocycles. The van der Waals surface area contributed by atoms with E-state index in [1.165, 1.54) is 73.8 Å². The minimum Gasteiger partial charge on any atom is -0.256 e. The average Bonchev–Trinajstić information content (AvgIpc) is 2.80. The average molecular weight is 472 g/mol. The molecule has 1 nitrogen and oxygen atoms in total. The summed E-state index contributed by atoms with van der Waals surface area (Å²) in [7, 11) is 0. The molecule has 4 aromatic carbocycles. The molecule has 0 radical (unpaired) electrons. The molecule has 1 fully saturated rings. The quantitative estimate of drug-likeness (QED) is 0.233. The second kappa shape index (κ2) is 8.17. The summed E-state index contributed by atoms with van der Waals surface area (Å²) in [5, 5.41) is 7.83. The Hall–Kier alpha value is -3.19. The van der Waals surface area contributed by atoms with E-state index in [0.29, 0.717) is 16.7 Å². The summed E-state index contributed by atoms with van der Waals surface area (Å²) in [5.74, 6) is 0.631. The van der Waals surface area contributed by atoms with Gasteiger partial charge in [0, 0.05) is 17.1 Å². The summed E-state index contributed by atoms with van der Waals surface area (Å²) in [5.41, 5.74) is 7.11. The Balaban J connectivity index is 1.48. The van der Waals surface area contributed by atoms with Crippen LogP contribution >= 0.6 is 0 Å². The lowest BCUT2D eigenvalue weighted by Crippen LogP contribution is -2.32. The Morgan fingerprint density at radius 3 is 1.94 bits per heavy atom. The normalized spacial score (nSPS) is 17.7. The van der Waals surface area contributed by atoms with E-state index in [0.717, 1.165) is 5.69 Å². The van der Waals surface area contributed by atoms with Crippen molar-refractivity contribution >= 4 is 32.3 Å². The predicted molar refractivity (Wildman–Crippen MR) is 156 cm³/mol. The van der Waals surface area contributed by atoms with Crippen LogP contribution in [0.25, 0.3) is 43.6 Å². The van der Waals surface area contributed by atoms with Gasteiger partial charge in [0.2, 0.25) is 0 Å². The van der Waals surface area contributed by atoms with E-state index in [2.05, 4.69) is 108 Å². The first-order valence-corrected chi connectivity index (χ1v) is 13.4. The van der Waals surface area contributed by atoms with Gasteiger partial charge in [0.1, 0.15) is 0 Å². The van der Waals surface area contributed by atoms with Crippen LogP contribution in [-0.4, -0.2) is 4.98 Å². The van der Waals surface area contributed by atoms with Crippen LogP contribution < -0.4 is 0 Å². The van der Waals surface area contributed by atoms with Crippen molar-refractivity contribution in [2.45, 2.75) is 66.7 Å². The van der Waals surface area contributed by atoms with Crippen molar-refractivity contribution in [3.8, 4) is 11.3 Å². The fourth-order valence-electron chi connectivity index (χ4n) is 7.51. The van der Waals surface area contributed by atoms with Crippen LogP contribution in [0, 0.1) is 24.7 Å². The van der Waals surface area contributed by atoms with Gasteiger partial charge < -0.3 is 0 Å². The lowest BCUT2D eigenvalue weighted by molar-refractivity contribution is 0.0969. The molecule has 1 aliphatic carbocycles. The highest BCUT2D eigenvalue weighted by atomic mass is 14.7. The maximum atomic E-state index is 4.82. The maximum Gasteiger partial charge on any atom is 0.0780 e. The van der Waals surface area contributed by atoms with Gasteiger partial charge in [-0.1, -0.05) is 87.4 Å². The standard InChI is InChI=1S/C35H37N/c1-22-15-23(2)17-26(16-22)33-32-12-11-29-28-9-7-24(27-19-34(3,4)21-35(5,6)20-27)18-25(28)8-10-30(29)31(32)13-14-36-33/h7-18,27H,19-21H2,1-6H3. The van der Waals surface area contributed by atoms with Gasteiger partial charge in [-0.2, -0.15) is 0 Å². The van der Waals surface area contributed by atoms with E-state index in [4.69, 9.17) is 4.98 Å². The second-order valence-electron chi connectivity index (χ2n) is 12.9. The Labute approximate surface area is 215 Å². The molecular formula is C35H37N. The number of hydrogen-bond donors (Lipinski definition) is 0. The molecule has 36 heavy (non-hydrogen) atoms. The molecule has 0 unspecified atom stereocenters. The molecule has 0 amide bonds. The Morgan fingerprint density at radius 1 is 0.639 bits per heavy atom. The number of benzene rings is 4. The smallest absolute Gasteiger partial charge is 0.0780 e. The SMILES string of the molecule is Cc1cc(C)cc(-c2nccc3c2ccc2c4ccc(C5CC(C)(C)CC(C)(C)C5)cc4ccc32)c1. The second-order valence-corrected chi connectivity index (χ2v) is 12.9. The van der Waals surface area contributed by atoms with Crippen LogP contribution in [0.15, 0.2) is 72.9 Å². The van der Waals surface area contributed by atoms with Crippen LogP contribution in [-0.2, 0) is 0 Å². The number of rotatable bonds is 2. The van der Waals surface area contributed by atoms with Gasteiger partial charge in [-0.3, -0.25) is 4.98 Å². The molecule has 0 N–H and O–H groups in total. The van der Waals surface area contributed by atoms with Gasteiger partial charge in [0.05, 0.1) is 5.69 Å². The largest absolute Gasteiger partial charge is 0.256 e. The minimum absolute atomic E-state index is 0.394. The predicted octanol–water partition coefficient (Wildman–Crippen LogP) is 10.1. The van der Waals surface area contributed by atoms with E-state index >= 15 is 0 Å². The zero-order chi connectivity index (χ0) is 25.2. The van der Waals surface area contributed by atoms with Gasteiger partial charge in [0.25, 0.3) is 0 Å². The lowest BCUT2D eigenvalue weighted by Gasteiger charge is -2.45. The molecule has 1 aliphatic rings. The van der Waals surface area contributed by atoms with Crippen molar-refractivity contribution in [1.82, 2.24) is 4.98 Å². The van der Waals surface area contributed by atoms with E-state index in [-0.39, 0.29) is 0 Å². The number of aromatic nitrogens is 1. The highest BCUT2D eigenvalue weighted by molar-refractivity contribution is 6.18. The summed E-state index contributed by atoms with van der Waals surface area (Å²) >= 11 is 0. The topological polar surface area (TPSA) is 12.9 Å². The van der Waals surface area contributed by atoms with Crippen molar-refractivity contribution in [3.05, 3.63) is 89.6 Å². The number of aryl methyl sites for hydroxylation is 2. The molecule has 1 aromatic heterocycles. The fraction of sp³-hybridized carbons (Fsp3) is 0.343. The molecule has 6 rings (SSSR count). The van der Waals surface area contributed by atoms with Crippen LogP contribution in [0.2, 0.25) is 0 Å². The first kappa shape index (κ1) is 23.2. The summed E-state index contributed by atoms with van der Waals surface area (Å²) in [4.78, 5) is 4.82. The van der Waals surface area contributed by atoms with Gasteiger partial charge in [0.15, 0.2) is 0 Å². The number of hydrogen-bond acceptors (Lipinski definition) is 1. The molecular weight excluding hydrogens is 434 g/mol. The van der Waals surface area contributed by atoms with Crippen molar-refractivity contribution in [2.75, 3.05) is 0 Å². The van der Waals surface area contributed by atoms with Crippen LogP contribution in [0.4, 0.5) is 0 Å². The first-order valence-electron chi connectivity index (χ1n) is 13.4. The maximum absolute atomic E-state index is 4.82. The lowest BCUT2D eigenvalue weighted by atomic mass is 9.60. The monoisotopic (exact) mass is 471 g/mol. The number of pyridine rings is 1. The molecule has 5 aromatic rings. The third-order valence-electron chi connectivity index (χ3n) is 8.30. The van der Waals surface area contributed by atoms with Crippen molar-refractivity contribution < 1.29 is 0 Å². The van der Waals surface area contributed by atoms with Crippen molar-refractivity contribution in [3.63, 3.8) is 0 Å². The highest BCUT2D eigenvalue weighted by Crippen LogP contribution is 2.52. The third-order valence-corrected chi connectivity index (χ3v) is 8.30. The van der Waals surface area contributed by atoms with Crippen molar-refractivity contribution in [2.24, 2.45) is 10.8 Å². The van der Waals surface area contributed by atoms with Gasteiger partial charge >= 0.3 is 0 Å². The number of nitrogens with zero attached hydrogens (tertiary/aromatic N) is 1. The Kier molecular flexibility index (Phi) is 5.27. The third kappa shape index (κ3) is 4.09. The molecule has 0 aliphatic heterocycles. The van der Waals surface area contributed by atoms with Gasteiger partial charge in [-0.05, 0) is 101 Å². The molecule has 0 saturated heterocycles. The van der Waals surface area contributed by atoms with E-state index < -0.39 is 0 Å². The van der Waals surface area contributed by atoms with E-state index in [1.54, 1.807) is 0 Å². The highest BCUT2D eigenvalue weighted by Gasteiger charge is 2.38. The van der Waals surface area contributed by atoms with E-state index in [9.17, 15) is 0 Å². The van der Waals surface area contributed by atoms with Crippen molar-refractivity contribution in [1.29, 1.82) is 0 Å². The van der Waals surface area contributed by atoms with Crippen LogP contribution in [0.5, 0.6) is 0 Å². The number of fused-ring (bicyclic) bond motifs is 5. The zero-order valence-corrected chi connectivity index (χ0v) is 22.6. The molecule has 0 atom stereocenters. The van der Waals surface area contributed by atoms with Crippen LogP contribution in [0.3, 0.4) is 0 Å². The zero-order valence-electron chi connectivity index (χ0n) is 22.6. The summed E-state index contributed by atoms with van der Waals surface area (Å²) < 4.78 is 0. The fourth-order valence-corrected chi connectivity index (χ4v) is 7.51. The van der Waals surface area contributed by atoms with E-state index in [1.807, 2.05) is 6.20 Å². The Bertz CT molecular complexity index is 1600. The van der Waals surface area contributed by atoms with Gasteiger partial charge in [-0.25, -0.2) is 0 Å². The minimum atomic E-state index is 0.394. The summed E-state index contributed by atoms with van der Waals surface area (Å²) in [6.07, 6.45) is 5.82. The van der Waals surface area contributed by atoms with Crippen LogP contribution in [0.1, 0.15) is 69.6 Å². The molecule has 1 heteroatoms. The molecule has 0 bridgehead atoms. The molecule has 1 saturated carbocycles. The Morgan fingerprint density at radius 2 is 1.22 bits per heavy atom. The summed E-state index contributed by atoms with van der Waals surface area (Å²) in [6.45, 7) is 14.1. The molecule has 182 valence electrons. The first-order chi connectivity index (χ1) is 17.1. The van der Waals surface area contributed by atoms with Gasteiger partial charge in [-0.15, -0.1) is 0 Å². The molecule has 0 spiro atoms. The summed E-state index contributed by atoms with van der Waals surface area (Å²) in [6, 6.07) is 25.4.